The Hall–Kier alpha value is -1.81. The van der Waals surface area contributed by atoms with Gasteiger partial charge in [-0.25, -0.2) is 4.98 Å². The van der Waals surface area contributed by atoms with Gasteiger partial charge in [0.15, 0.2) is 0 Å². The maximum atomic E-state index is 6.15. The van der Waals surface area contributed by atoms with Crippen molar-refractivity contribution in [3.63, 3.8) is 0 Å². The third-order valence-electron chi connectivity index (χ3n) is 2.96. The maximum Gasteiger partial charge on any atom is 0.121 e. The summed E-state index contributed by atoms with van der Waals surface area (Å²) in [6.45, 7) is 5.96. The Morgan fingerprint density at radius 1 is 1.33 bits per heavy atom. The number of hydrogen-bond donors (Lipinski definition) is 1. The lowest BCUT2D eigenvalue weighted by molar-refractivity contribution is 0.411. The standard InChI is InChI=1S/C14H19N3O/c1-10-7-11(5-6-12(10)18-4)17-9-16-8-13(17)14(2,3)15/h5-9H,15H2,1-4H3. The van der Waals surface area contributed by atoms with Crippen molar-refractivity contribution in [3.05, 3.63) is 42.0 Å². The summed E-state index contributed by atoms with van der Waals surface area (Å²) in [5.74, 6) is 0.882. The minimum Gasteiger partial charge on any atom is -0.496 e. The molecule has 1 aromatic heterocycles. The molecule has 18 heavy (non-hydrogen) atoms. The number of methoxy groups -OCH3 is 1. The molecule has 2 N–H and O–H groups in total. The zero-order chi connectivity index (χ0) is 13.3. The number of hydrogen-bond acceptors (Lipinski definition) is 3. The highest BCUT2D eigenvalue weighted by atomic mass is 16.5. The number of benzene rings is 1. The molecule has 0 unspecified atom stereocenters. The number of nitrogens with two attached hydrogens (primary N) is 1. The summed E-state index contributed by atoms with van der Waals surface area (Å²) >= 11 is 0. The molecule has 0 aliphatic carbocycles. The first-order valence-corrected chi connectivity index (χ1v) is 5.90. The highest BCUT2D eigenvalue weighted by molar-refractivity contribution is 5.44. The Labute approximate surface area is 107 Å². The maximum absolute atomic E-state index is 6.15. The molecular weight excluding hydrogens is 226 g/mol. The van der Waals surface area contributed by atoms with Crippen LogP contribution in [0.15, 0.2) is 30.7 Å². The van der Waals surface area contributed by atoms with Gasteiger partial charge in [0.25, 0.3) is 0 Å². The molecule has 0 aliphatic rings. The van der Waals surface area contributed by atoms with E-state index >= 15 is 0 Å². The largest absolute Gasteiger partial charge is 0.496 e. The van der Waals surface area contributed by atoms with E-state index < -0.39 is 5.54 Å². The van der Waals surface area contributed by atoms with Gasteiger partial charge in [-0.2, -0.15) is 0 Å². The van der Waals surface area contributed by atoms with E-state index in [2.05, 4.69) is 11.1 Å². The third kappa shape index (κ3) is 2.24. The molecule has 0 radical (unpaired) electrons. The summed E-state index contributed by atoms with van der Waals surface area (Å²) in [6, 6.07) is 6.02. The Bertz CT molecular complexity index is 552. The molecule has 0 bridgehead atoms. The van der Waals surface area contributed by atoms with Crippen molar-refractivity contribution in [1.82, 2.24) is 9.55 Å². The van der Waals surface area contributed by atoms with Crippen molar-refractivity contribution in [1.29, 1.82) is 0 Å². The van der Waals surface area contributed by atoms with Gasteiger partial charge in [-0.15, -0.1) is 0 Å². The molecule has 0 saturated carbocycles. The van der Waals surface area contributed by atoms with Gasteiger partial charge >= 0.3 is 0 Å². The van der Waals surface area contributed by atoms with Gasteiger partial charge in [-0.05, 0) is 44.5 Å². The summed E-state index contributed by atoms with van der Waals surface area (Å²) in [7, 11) is 1.67. The zero-order valence-electron chi connectivity index (χ0n) is 11.3. The molecule has 0 atom stereocenters. The lowest BCUT2D eigenvalue weighted by Gasteiger charge is -2.21. The number of imidazole rings is 1. The van der Waals surface area contributed by atoms with Gasteiger partial charge in [0.1, 0.15) is 5.75 Å². The molecule has 4 nitrogen and oxygen atoms in total. The molecular formula is C14H19N3O. The molecule has 2 aromatic rings. The zero-order valence-corrected chi connectivity index (χ0v) is 11.3. The third-order valence-corrected chi connectivity index (χ3v) is 2.96. The molecule has 0 saturated heterocycles. The lowest BCUT2D eigenvalue weighted by Crippen LogP contribution is -2.31. The summed E-state index contributed by atoms with van der Waals surface area (Å²) < 4.78 is 7.27. The number of nitrogens with zero attached hydrogens (tertiary/aromatic N) is 2. The van der Waals surface area contributed by atoms with Crippen molar-refractivity contribution < 1.29 is 4.74 Å². The van der Waals surface area contributed by atoms with Crippen molar-refractivity contribution in [2.75, 3.05) is 7.11 Å². The quantitative estimate of drug-likeness (QED) is 0.903. The minimum absolute atomic E-state index is 0.426. The monoisotopic (exact) mass is 245 g/mol. The number of aromatic nitrogens is 2. The van der Waals surface area contributed by atoms with Crippen LogP contribution in [0.4, 0.5) is 0 Å². The second kappa shape index (κ2) is 4.46. The molecule has 1 aromatic carbocycles. The van der Waals surface area contributed by atoms with Crippen LogP contribution in [0.3, 0.4) is 0 Å². The molecule has 2 rings (SSSR count). The molecule has 0 aliphatic heterocycles. The van der Waals surface area contributed by atoms with Gasteiger partial charge in [0.2, 0.25) is 0 Å². The van der Waals surface area contributed by atoms with E-state index in [0.717, 1.165) is 22.7 Å². The molecule has 0 amide bonds. The van der Waals surface area contributed by atoms with Crippen LogP contribution in [0.25, 0.3) is 5.69 Å². The van der Waals surface area contributed by atoms with E-state index in [4.69, 9.17) is 10.5 Å². The molecule has 4 heteroatoms. The first kappa shape index (κ1) is 12.6. The van der Waals surface area contributed by atoms with E-state index in [9.17, 15) is 0 Å². The van der Waals surface area contributed by atoms with Crippen LogP contribution in [-0.2, 0) is 5.54 Å². The summed E-state index contributed by atoms with van der Waals surface area (Å²) in [6.07, 6.45) is 3.59. The van der Waals surface area contributed by atoms with E-state index in [0.29, 0.717) is 0 Å². The second-order valence-corrected chi connectivity index (χ2v) is 5.02. The Morgan fingerprint density at radius 2 is 2.06 bits per heavy atom. The Kier molecular flexibility index (Phi) is 3.13. The summed E-state index contributed by atoms with van der Waals surface area (Å²) in [5.41, 5.74) is 8.83. The average Bonchev–Trinajstić information content (AvgIpc) is 2.77. The van der Waals surface area contributed by atoms with Gasteiger partial charge < -0.3 is 15.0 Å². The fourth-order valence-electron chi connectivity index (χ4n) is 1.99. The van der Waals surface area contributed by atoms with Crippen molar-refractivity contribution >= 4 is 0 Å². The van der Waals surface area contributed by atoms with Crippen molar-refractivity contribution in [3.8, 4) is 11.4 Å². The molecule has 0 fully saturated rings. The van der Waals surface area contributed by atoms with Gasteiger partial charge in [0, 0.05) is 5.69 Å². The minimum atomic E-state index is -0.426. The average molecular weight is 245 g/mol. The highest BCUT2D eigenvalue weighted by Crippen LogP contribution is 2.24. The van der Waals surface area contributed by atoms with Crippen LogP contribution in [-0.4, -0.2) is 16.7 Å². The van der Waals surface area contributed by atoms with E-state index in [-0.39, 0.29) is 0 Å². The van der Waals surface area contributed by atoms with Crippen molar-refractivity contribution in [2.24, 2.45) is 5.73 Å². The van der Waals surface area contributed by atoms with Crippen LogP contribution < -0.4 is 10.5 Å². The topological polar surface area (TPSA) is 53.1 Å². The Balaban J connectivity index is 2.50. The molecule has 96 valence electrons. The van der Waals surface area contributed by atoms with Crippen LogP contribution in [0.1, 0.15) is 25.1 Å². The second-order valence-electron chi connectivity index (χ2n) is 5.02. The highest BCUT2D eigenvalue weighted by Gasteiger charge is 2.19. The van der Waals surface area contributed by atoms with Gasteiger partial charge in [-0.3, -0.25) is 0 Å². The van der Waals surface area contributed by atoms with E-state index in [1.165, 1.54) is 0 Å². The van der Waals surface area contributed by atoms with E-state index in [1.54, 1.807) is 19.6 Å². The van der Waals surface area contributed by atoms with Gasteiger partial charge in [0.05, 0.1) is 30.9 Å². The normalized spacial score (nSPS) is 11.6. The number of rotatable bonds is 3. The first-order valence-electron chi connectivity index (χ1n) is 5.90. The Morgan fingerprint density at radius 3 is 2.61 bits per heavy atom. The summed E-state index contributed by atoms with van der Waals surface area (Å²) in [5, 5.41) is 0. The van der Waals surface area contributed by atoms with Crippen LogP contribution in [0.5, 0.6) is 5.75 Å². The van der Waals surface area contributed by atoms with Crippen LogP contribution in [0.2, 0.25) is 0 Å². The van der Waals surface area contributed by atoms with Crippen LogP contribution in [0, 0.1) is 6.92 Å². The van der Waals surface area contributed by atoms with Crippen LogP contribution >= 0.6 is 0 Å². The molecule has 1 heterocycles. The lowest BCUT2D eigenvalue weighted by atomic mass is 10.0. The van der Waals surface area contributed by atoms with Crippen molar-refractivity contribution in [2.45, 2.75) is 26.3 Å². The molecule has 0 spiro atoms. The predicted octanol–water partition coefficient (Wildman–Crippen LogP) is 2.38. The smallest absolute Gasteiger partial charge is 0.121 e. The van der Waals surface area contributed by atoms with E-state index in [1.807, 2.05) is 37.5 Å². The number of aryl methyl sites for hydroxylation is 1. The fourth-order valence-corrected chi connectivity index (χ4v) is 1.99. The fraction of sp³-hybridized carbons (Fsp3) is 0.357. The SMILES string of the molecule is COc1ccc(-n2cncc2C(C)(C)N)cc1C. The number of ether oxygens (including phenoxy) is 1. The van der Waals surface area contributed by atoms with Gasteiger partial charge in [-0.1, -0.05) is 0 Å². The summed E-state index contributed by atoms with van der Waals surface area (Å²) in [4.78, 5) is 4.19. The predicted molar refractivity (Wildman–Crippen MR) is 72.1 cm³/mol. The first-order chi connectivity index (χ1) is 8.43.